The van der Waals surface area contributed by atoms with Crippen molar-refractivity contribution in [3.8, 4) is 0 Å². The number of carbonyl (C=O) groups is 1. The van der Waals surface area contributed by atoms with Crippen molar-refractivity contribution in [1.82, 2.24) is 4.98 Å². The standard InChI is InChI=1S/C9H5Cl2NO/c10-9(11)4-3-6-2-1-5-12-7(6)8(9)13/h1-5H. The number of fused-ring (bicyclic) bond motifs is 1. The Morgan fingerprint density at radius 2 is 2.15 bits per heavy atom. The zero-order valence-corrected chi connectivity index (χ0v) is 8.01. The molecule has 0 aromatic carbocycles. The molecule has 0 bridgehead atoms. The Morgan fingerprint density at radius 1 is 1.38 bits per heavy atom. The number of halogens is 2. The van der Waals surface area contributed by atoms with Crippen LogP contribution < -0.4 is 0 Å². The number of alkyl halides is 2. The van der Waals surface area contributed by atoms with Crippen LogP contribution in [0.1, 0.15) is 16.1 Å². The fraction of sp³-hybridized carbons (Fsp3) is 0.111. The second-order valence-corrected chi connectivity index (χ2v) is 4.11. The molecule has 13 heavy (non-hydrogen) atoms. The molecule has 0 unspecified atom stereocenters. The van der Waals surface area contributed by atoms with E-state index in [1.54, 1.807) is 24.4 Å². The van der Waals surface area contributed by atoms with E-state index in [-0.39, 0.29) is 5.78 Å². The minimum absolute atomic E-state index is 0.329. The molecule has 0 fully saturated rings. The van der Waals surface area contributed by atoms with Crippen LogP contribution in [0, 0.1) is 0 Å². The van der Waals surface area contributed by atoms with Gasteiger partial charge in [0.2, 0.25) is 10.1 Å². The number of aromatic nitrogens is 1. The zero-order valence-electron chi connectivity index (χ0n) is 6.50. The summed E-state index contributed by atoms with van der Waals surface area (Å²) in [5.41, 5.74) is 1.08. The first kappa shape index (κ1) is 8.73. The molecule has 2 nitrogen and oxygen atoms in total. The summed E-state index contributed by atoms with van der Waals surface area (Å²) in [6.07, 6.45) is 4.70. The maximum Gasteiger partial charge on any atom is 0.221 e. The molecular weight excluding hydrogens is 209 g/mol. The molecule has 1 aliphatic rings. The van der Waals surface area contributed by atoms with Gasteiger partial charge in [-0.05, 0) is 12.1 Å². The number of hydrogen-bond acceptors (Lipinski definition) is 2. The third kappa shape index (κ3) is 1.36. The van der Waals surface area contributed by atoms with Crippen molar-refractivity contribution in [2.75, 3.05) is 0 Å². The van der Waals surface area contributed by atoms with Crippen LogP contribution in [-0.2, 0) is 0 Å². The first-order valence-corrected chi connectivity index (χ1v) is 4.44. The highest BCUT2D eigenvalue weighted by Crippen LogP contribution is 2.32. The van der Waals surface area contributed by atoms with Gasteiger partial charge in [0.05, 0.1) is 0 Å². The average Bonchev–Trinajstić information content (AvgIpc) is 2.13. The van der Waals surface area contributed by atoms with E-state index in [4.69, 9.17) is 23.2 Å². The number of hydrogen-bond donors (Lipinski definition) is 0. The largest absolute Gasteiger partial charge is 0.289 e. The van der Waals surface area contributed by atoms with E-state index in [0.29, 0.717) is 5.69 Å². The zero-order chi connectivity index (χ0) is 9.47. The lowest BCUT2D eigenvalue weighted by molar-refractivity contribution is 0.0981. The summed E-state index contributed by atoms with van der Waals surface area (Å²) >= 11 is 11.5. The summed E-state index contributed by atoms with van der Waals surface area (Å²) in [5, 5.41) is 0. The van der Waals surface area contributed by atoms with Gasteiger partial charge in [0.1, 0.15) is 5.69 Å². The van der Waals surface area contributed by atoms with Gasteiger partial charge < -0.3 is 0 Å². The molecule has 0 N–H and O–H groups in total. The fourth-order valence-electron chi connectivity index (χ4n) is 1.17. The molecule has 0 amide bonds. The Bertz CT molecular complexity index is 398. The quantitative estimate of drug-likeness (QED) is 0.621. The van der Waals surface area contributed by atoms with Gasteiger partial charge in [0.25, 0.3) is 0 Å². The van der Waals surface area contributed by atoms with Gasteiger partial charge in [-0.25, -0.2) is 0 Å². The van der Waals surface area contributed by atoms with Crippen LogP contribution in [0.5, 0.6) is 0 Å². The van der Waals surface area contributed by atoms with Gasteiger partial charge >= 0.3 is 0 Å². The molecular formula is C9H5Cl2NO. The molecule has 1 aromatic rings. The minimum Gasteiger partial charge on any atom is -0.289 e. The molecule has 0 atom stereocenters. The molecule has 1 aliphatic carbocycles. The van der Waals surface area contributed by atoms with Gasteiger partial charge in [0, 0.05) is 11.8 Å². The number of nitrogens with zero attached hydrogens (tertiary/aromatic N) is 1. The number of pyridine rings is 1. The maximum absolute atomic E-state index is 11.6. The smallest absolute Gasteiger partial charge is 0.221 e. The van der Waals surface area contributed by atoms with Crippen LogP contribution in [0.2, 0.25) is 0 Å². The molecule has 0 spiro atoms. The second kappa shape index (κ2) is 2.82. The average molecular weight is 214 g/mol. The van der Waals surface area contributed by atoms with Crippen LogP contribution >= 0.6 is 23.2 Å². The summed E-state index contributed by atoms with van der Waals surface area (Å²) < 4.78 is -1.46. The summed E-state index contributed by atoms with van der Waals surface area (Å²) in [7, 11) is 0. The second-order valence-electron chi connectivity index (χ2n) is 2.73. The predicted molar refractivity (Wildman–Crippen MR) is 52.0 cm³/mol. The molecule has 1 heterocycles. The van der Waals surface area contributed by atoms with Gasteiger partial charge in [-0.3, -0.25) is 9.78 Å². The van der Waals surface area contributed by atoms with Crippen LogP contribution in [0.25, 0.3) is 6.08 Å². The third-order valence-corrected chi connectivity index (χ3v) is 2.42. The molecule has 0 aliphatic heterocycles. The Balaban J connectivity index is 2.62. The van der Waals surface area contributed by atoms with Crippen molar-refractivity contribution in [2.24, 2.45) is 0 Å². The Morgan fingerprint density at radius 3 is 2.92 bits per heavy atom. The van der Waals surface area contributed by atoms with Crippen molar-refractivity contribution in [1.29, 1.82) is 0 Å². The SMILES string of the molecule is O=C1c2ncccc2C=CC1(Cl)Cl. The molecule has 0 saturated heterocycles. The first-order valence-electron chi connectivity index (χ1n) is 3.68. The highest BCUT2D eigenvalue weighted by molar-refractivity contribution is 6.62. The minimum atomic E-state index is -1.46. The van der Waals surface area contributed by atoms with Crippen LogP contribution in [0.15, 0.2) is 24.4 Å². The number of rotatable bonds is 0. The lowest BCUT2D eigenvalue weighted by Crippen LogP contribution is -2.27. The monoisotopic (exact) mass is 213 g/mol. The van der Waals surface area contributed by atoms with Crippen molar-refractivity contribution >= 4 is 35.1 Å². The molecule has 1 aromatic heterocycles. The normalized spacial score (nSPS) is 18.5. The molecule has 2 rings (SSSR count). The lowest BCUT2D eigenvalue weighted by Gasteiger charge is -2.18. The van der Waals surface area contributed by atoms with Crippen molar-refractivity contribution in [2.45, 2.75) is 4.33 Å². The number of carbonyl (C=O) groups excluding carboxylic acids is 1. The Hall–Kier alpha value is -0.860. The van der Waals surface area contributed by atoms with Gasteiger partial charge in [-0.15, -0.1) is 0 Å². The van der Waals surface area contributed by atoms with Gasteiger partial charge in [-0.2, -0.15) is 0 Å². The number of ketones is 1. The maximum atomic E-state index is 11.6. The Kier molecular flexibility index (Phi) is 1.90. The van der Waals surface area contributed by atoms with Crippen LogP contribution in [0.3, 0.4) is 0 Å². The van der Waals surface area contributed by atoms with E-state index in [2.05, 4.69) is 4.98 Å². The van der Waals surface area contributed by atoms with Crippen LogP contribution in [0.4, 0.5) is 0 Å². The van der Waals surface area contributed by atoms with Crippen molar-refractivity contribution in [3.05, 3.63) is 35.7 Å². The van der Waals surface area contributed by atoms with Gasteiger partial charge in [0.15, 0.2) is 0 Å². The van der Waals surface area contributed by atoms with E-state index in [1.165, 1.54) is 6.08 Å². The molecule has 0 radical (unpaired) electrons. The highest BCUT2D eigenvalue weighted by atomic mass is 35.5. The van der Waals surface area contributed by atoms with E-state index < -0.39 is 4.33 Å². The summed E-state index contributed by atoms with van der Waals surface area (Å²) in [5.74, 6) is -0.367. The van der Waals surface area contributed by atoms with Crippen molar-refractivity contribution in [3.63, 3.8) is 0 Å². The third-order valence-electron chi connectivity index (χ3n) is 1.83. The van der Waals surface area contributed by atoms with E-state index >= 15 is 0 Å². The number of Topliss-reactive ketones (excluding diaryl/α,β-unsaturated/α-hetero) is 1. The van der Waals surface area contributed by atoms with E-state index in [1.807, 2.05) is 0 Å². The molecule has 66 valence electrons. The van der Waals surface area contributed by atoms with E-state index in [9.17, 15) is 4.79 Å². The lowest BCUT2D eigenvalue weighted by atomic mass is 10.0. The predicted octanol–water partition coefficient (Wildman–Crippen LogP) is 2.47. The summed E-state index contributed by atoms with van der Waals surface area (Å²) in [4.78, 5) is 15.5. The highest BCUT2D eigenvalue weighted by Gasteiger charge is 2.36. The fourth-order valence-corrected chi connectivity index (χ4v) is 1.47. The van der Waals surface area contributed by atoms with Crippen molar-refractivity contribution < 1.29 is 4.79 Å². The first-order chi connectivity index (χ1) is 6.11. The summed E-state index contributed by atoms with van der Waals surface area (Å²) in [6, 6.07) is 3.55. The summed E-state index contributed by atoms with van der Waals surface area (Å²) in [6.45, 7) is 0. The topological polar surface area (TPSA) is 30.0 Å². The molecule has 4 heteroatoms. The molecule has 0 saturated carbocycles. The van der Waals surface area contributed by atoms with Crippen LogP contribution in [-0.4, -0.2) is 15.1 Å². The van der Waals surface area contributed by atoms with Gasteiger partial charge in [-0.1, -0.05) is 35.3 Å². The number of allylic oxidation sites excluding steroid dienone is 1. The Labute approximate surface area is 85.2 Å². The van der Waals surface area contributed by atoms with E-state index in [0.717, 1.165) is 5.56 Å².